The third-order valence-corrected chi connectivity index (χ3v) is 2.88. The van der Waals surface area contributed by atoms with Crippen LogP contribution in [-0.2, 0) is 4.74 Å². The van der Waals surface area contributed by atoms with Crippen molar-refractivity contribution in [1.82, 2.24) is 9.55 Å². The van der Waals surface area contributed by atoms with Gasteiger partial charge in [-0.1, -0.05) is 0 Å². The van der Waals surface area contributed by atoms with Gasteiger partial charge in [-0.25, -0.2) is 0 Å². The Morgan fingerprint density at radius 1 is 1.59 bits per heavy atom. The fraction of sp³-hybridized carbons (Fsp3) is 0.556. The van der Waals surface area contributed by atoms with E-state index in [0.717, 1.165) is 6.20 Å². The molecular weight excluding hydrogens is 235 g/mol. The Bertz CT molecular complexity index is 519. The topological polar surface area (TPSA) is 93.8 Å². The first-order valence-corrected chi connectivity index (χ1v) is 5.01. The first-order valence-electron chi connectivity index (χ1n) is 5.01. The average molecular weight is 244 g/mol. The van der Waals surface area contributed by atoms with E-state index in [0.29, 0.717) is 0 Å². The normalized spacial score (nSPS) is 34.3. The Balaban J connectivity index is 2.02. The number of fused-ring (bicyclic) bond motifs is 3. The van der Waals surface area contributed by atoms with Crippen LogP contribution < -0.4 is 10.3 Å². The van der Waals surface area contributed by atoms with Crippen LogP contribution in [0.1, 0.15) is 6.23 Å². The lowest BCUT2D eigenvalue weighted by atomic mass is 10.1. The Morgan fingerprint density at radius 2 is 2.35 bits per heavy atom. The quantitative estimate of drug-likeness (QED) is 0.617. The lowest BCUT2D eigenvalue weighted by Gasteiger charge is -2.13. The van der Waals surface area contributed by atoms with Crippen LogP contribution >= 0.6 is 0 Å². The van der Waals surface area contributed by atoms with Crippen molar-refractivity contribution in [3.63, 3.8) is 0 Å². The minimum atomic E-state index is -1.05. The highest BCUT2D eigenvalue weighted by atomic mass is 19.1. The molecule has 3 rings (SSSR count). The number of nitrogens with zero attached hydrogens (tertiary/aromatic N) is 2. The number of aliphatic hydroxyl groups is 2. The summed E-state index contributed by atoms with van der Waals surface area (Å²) in [6, 6.07) is -0.0955. The Kier molecular flexibility index (Phi) is 2.18. The molecule has 8 heteroatoms. The van der Waals surface area contributed by atoms with E-state index in [2.05, 4.69) is 4.98 Å². The minimum absolute atomic E-state index is 0.0955. The summed E-state index contributed by atoms with van der Waals surface area (Å²) in [6.45, 7) is -0.372. The maximum atomic E-state index is 13.1. The SMILES string of the molecule is O=c1nc2n(cc1F)[C@@H]1OC(CO)[C@H](O)[C@H]1O2. The molecule has 0 bridgehead atoms. The highest BCUT2D eigenvalue weighted by Crippen LogP contribution is 2.38. The molecule has 0 aliphatic carbocycles. The maximum absolute atomic E-state index is 13.1. The largest absolute Gasteiger partial charge is 0.453 e. The molecule has 0 aromatic carbocycles. The first kappa shape index (κ1) is 10.6. The molecule has 0 spiro atoms. The van der Waals surface area contributed by atoms with Gasteiger partial charge in [-0.3, -0.25) is 9.36 Å². The summed E-state index contributed by atoms with van der Waals surface area (Å²) in [5.74, 6) is -1.02. The third kappa shape index (κ3) is 1.38. The number of hydrogen-bond acceptors (Lipinski definition) is 6. The number of rotatable bonds is 1. The molecule has 4 atom stereocenters. The number of aliphatic hydroxyl groups excluding tert-OH is 2. The molecule has 1 aromatic heterocycles. The lowest BCUT2D eigenvalue weighted by molar-refractivity contribution is -0.0437. The van der Waals surface area contributed by atoms with Crippen molar-refractivity contribution in [2.45, 2.75) is 24.5 Å². The van der Waals surface area contributed by atoms with E-state index in [-0.39, 0.29) is 12.6 Å². The zero-order valence-electron chi connectivity index (χ0n) is 8.49. The first-order chi connectivity index (χ1) is 8.11. The summed E-state index contributed by atoms with van der Waals surface area (Å²) in [4.78, 5) is 14.4. The molecule has 0 radical (unpaired) electrons. The molecule has 92 valence electrons. The van der Waals surface area contributed by atoms with Crippen LogP contribution in [0.5, 0.6) is 6.01 Å². The summed E-state index contributed by atoms with van der Waals surface area (Å²) in [5, 5.41) is 18.7. The summed E-state index contributed by atoms with van der Waals surface area (Å²) < 4.78 is 24.8. The monoisotopic (exact) mass is 244 g/mol. The third-order valence-electron chi connectivity index (χ3n) is 2.88. The van der Waals surface area contributed by atoms with E-state index in [9.17, 15) is 14.3 Å². The van der Waals surface area contributed by atoms with Gasteiger partial charge in [0.1, 0.15) is 12.2 Å². The smallest absolute Gasteiger partial charge is 0.311 e. The molecule has 2 aliphatic heterocycles. The van der Waals surface area contributed by atoms with E-state index in [1.807, 2.05) is 0 Å². The van der Waals surface area contributed by atoms with Crippen LogP contribution in [0.4, 0.5) is 4.39 Å². The van der Waals surface area contributed by atoms with Crippen molar-refractivity contribution in [2.75, 3.05) is 6.61 Å². The molecule has 3 heterocycles. The van der Waals surface area contributed by atoms with Crippen molar-refractivity contribution >= 4 is 0 Å². The average Bonchev–Trinajstić information content (AvgIpc) is 2.78. The Morgan fingerprint density at radius 3 is 3.06 bits per heavy atom. The second kappa shape index (κ2) is 3.49. The van der Waals surface area contributed by atoms with Crippen molar-refractivity contribution < 1.29 is 24.1 Å². The Hall–Kier alpha value is -1.51. The number of halogens is 1. The molecule has 7 nitrogen and oxygen atoms in total. The highest BCUT2D eigenvalue weighted by Gasteiger charge is 2.51. The molecule has 1 aromatic rings. The molecule has 1 fully saturated rings. The summed E-state index contributed by atoms with van der Waals surface area (Å²) in [5.41, 5.74) is -1.02. The van der Waals surface area contributed by atoms with Crippen LogP contribution in [0.3, 0.4) is 0 Å². The number of ether oxygens (including phenoxy) is 2. The van der Waals surface area contributed by atoms with E-state index < -0.39 is 35.9 Å². The molecule has 0 amide bonds. The lowest BCUT2D eigenvalue weighted by Crippen LogP contribution is -2.34. The van der Waals surface area contributed by atoms with Crippen molar-refractivity contribution in [2.24, 2.45) is 0 Å². The van der Waals surface area contributed by atoms with Gasteiger partial charge in [-0.15, -0.1) is 0 Å². The van der Waals surface area contributed by atoms with Gasteiger partial charge in [0.05, 0.1) is 12.8 Å². The van der Waals surface area contributed by atoms with Gasteiger partial charge in [-0.05, 0) is 0 Å². The molecule has 1 unspecified atom stereocenters. The molecular formula is C9H9FN2O5. The highest BCUT2D eigenvalue weighted by molar-refractivity contribution is 5.11. The molecule has 2 N–H and O–H groups in total. The molecule has 1 saturated heterocycles. The minimum Gasteiger partial charge on any atom is -0.453 e. The van der Waals surface area contributed by atoms with E-state index in [1.54, 1.807) is 0 Å². The Labute approximate surface area is 94.0 Å². The number of hydrogen-bond donors (Lipinski definition) is 2. The van der Waals surface area contributed by atoms with Gasteiger partial charge in [-0.2, -0.15) is 9.37 Å². The van der Waals surface area contributed by atoms with Crippen LogP contribution in [0.25, 0.3) is 0 Å². The zero-order chi connectivity index (χ0) is 12.2. The van der Waals surface area contributed by atoms with Crippen LogP contribution in [0.15, 0.2) is 11.0 Å². The van der Waals surface area contributed by atoms with Gasteiger partial charge < -0.3 is 19.7 Å². The van der Waals surface area contributed by atoms with Crippen LogP contribution in [0, 0.1) is 5.82 Å². The van der Waals surface area contributed by atoms with Gasteiger partial charge in [0.2, 0.25) is 5.82 Å². The fourth-order valence-electron chi connectivity index (χ4n) is 2.04. The maximum Gasteiger partial charge on any atom is 0.311 e. The summed E-state index contributed by atoms with van der Waals surface area (Å²) >= 11 is 0. The van der Waals surface area contributed by atoms with E-state index >= 15 is 0 Å². The van der Waals surface area contributed by atoms with Crippen LogP contribution in [0.2, 0.25) is 0 Å². The van der Waals surface area contributed by atoms with Gasteiger partial charge in [0.25, 0.3) is 0 Å². The van der Waals surface area contributed by atoms with E-state index in [1.165, 1.54) is 4.57 Å². The molecule has 2 aliphatic rings. The van der Waals surface area contributed by atoms with Gasteiger partial charge in [0, 0.05) is 0 Å². The predicted molar refractivity (Wildman–Crippen MR) is 49.9 cm³/mol. The van der Waals surface area contributed by atoms with Gasteiger partial charge in [0.15, 0.2) is 12.3 Å². The molecule has 17 heavy (non-hydrogen) atoms. The van der Waals surface area contributed by atoms with Crippen LogP contribution in [-0.4, -0.2) is 44.7 Å². The summed E-state index contributed by atoms with van der Waals surface area (Å²) in [7, 11) is 0. The second-order valence-corrected chi connectivity index (χ2v) is 3.90. The predicted octanol–water partition coefficient (Wildman–Crippen LogP) is -1.61. The standard InChI is InChI=1S/C9H9FN2O5/c10-3-1-12-8-6(5(14)4(2-13)16-8)17-9(12)11-7(3)15/h1,4-6,8,13-14H,2H2/t4?,5-,6+,8+/m0/s1. The van der Waals surface area contributed by atoms with Gasteiger partial charge >= 0.3 is 11.6 Å². The molecule has 0 saturated carbocycles. The second-order valence-electron chi connectivity index (χ2n) is 3.90. The van der Waals surface area contributed by atoms with Crippen molar-refractivity contribution in [1.29, 1.82) is 0 Å². The fourth-order valence-corrected chi connectivity index (χ4v) is 2.04. The zero-order valence-corrected chi connectivity index (χ0v) is 8.49. The summed E-state index contributed by atoms with van der Waals surface area (Å²) in [6.07, 6.45) is -2.49. The number of aromatic nitrogens is 2. The van der Waals surface area contributed by atoms with Crippen molar-refractivity contribution in [3.05, 3.63) is 22.4 Å². The van der Waals surface area contributed by atoms with E-state index in [4.69, 9.17) is 14.6 Å². The van der Waals surface area contributed by atoms with Crippen molar-refractivity contribution in [3.8, 4) is 6.01 Å².